The highest BCUT2D eigenvalue weighted by Gasteiger charge is 2.07. The summed E-state index contributed by atoms with van der Waals surface area (Å²) in [6.45, 7) is 2.09. The molecule has 0 aliphatic carbocycles. The third kappa shape index (κ3) is 2.01. The molecular formula is C17H14N4. The maximum atomic E-state index is 4.48. The molecule has 0 atom stereocenters. The smallest absolute Gasteiger partial charge is 0.100 e. The van der Waals surface area contributed by atoms with Gasteiger partial charge in [0.2, 0.25) is 0 Å². The first-order valence-electron chi connectivity index (χ1n) is 6.84. The average Bonchev–Trinajstić information content (AvgIpc) is 3.17. The lowest BCUT2D eigenvalue weighted by Gasteiger charge is -2.05. The van der Waals surface area contributed by atoms with Crippen LogP contribution < -0.4 is 0 Å². The van der Waals surface area contributed by atoms with E-state index in [1.54, 1.807) is 0 Å². The second-order valence-electron chi connectivity index (χ2n) is 5.14. The second-order valence-corrected chi connectivity index (χ2v) is 5.14. The zero-order valence-corrected chi connectivity index (χ0v) is 11.6. The van der Waals surface area contributed by atoms with Crippen LogP contribution in [0.5, 0.6) is 0 Å². The Balaban J connectivity index is 1.90. The number of fused-ring (bicyclic) bond motifs is 1. The maximum Gasteiger partial charge on any atom is 0.100 e. The van der Waals surface area contributed by atoms with Gasteiger partial charge in [0.05, 0.1) is 17.2 Å². The second kappa shape index (κ2) is 4.59. The van der Waals surface area contributed by atoms with E-state index in [4.69, 9.17) is 0 Å². The summed E-state index contributed by atoms with van der Waals surface area (Å²) in [5.74, 6) is 0. The first-order valence-corrected chi connectivity index (χ1v) is 6.84. The minimum atomic E-state index is 0.989. The molecule has 4 aromatic rings. The topological polar surface area (TPSA) is 46.5 Å². The van der Waals surface area contributed by atoms with Crippen LogP contribution >= 0.6 is 0 Å². The number of benzene rings is 2. The van der Waals surface area contributed by atoms with Crippen molar-refractivity contribution in [2.75, 3.05) is 0 Å². The Morgan fingerprint density at radius 1 is 1.00 bits per heavy atom. The van der Waals surface area contributed by atoms with Crippen LogP contribution in [0.2, 0.25) is 0 Å². The summed E-state index contributed by atoms with van der Waals surface area (Å²) >= 11 is 0. The first-order chi connectivity index (χ1) is 10.3. The Hall–Kier alpha value is -2.88. The molecule has 0 fully saturated rings. The quantitative estimate of drug-likeness (QED) is 0.605. The molecule has 0 aliphatic rings. The van der Waals surface area contributed by atoms with E-state index >= 15 is 0 Å². The van der Waals surface area contributed by atoms with Crippen molar-refractivity contribution in [3.63, 3.8) is 0 Å². The minimum Gasteiger partial charge on any atom is -0.299 e. The van der Waals surface area contributed by atoms with Crippen molar-refractivity contribution >= 4 is 11.0 Å². The van der Waals surface area contributed by atoms with Crippen LogP contribution in [-0.2, 0) is 0 Å². The highest BCUT2D eigenvalue weighted by atomic mass is 15.1. The Kier molecular flexibility index (Phi) is 2.60. The molecular weight excluding hydrogens is 260 g/mol. The summed E-state index contributed by atoms with van der Waals surface area (Å²) in [7, 11) is 0. The summed E-state index contributed by atoms with van der Waals surface area (Å²) in [5.41, 5.74) is 6.66. The fourth-order valence-electron chi connectivity index (χ4n) is 2.51. The summed E-state index contributed by atoms with van der Waals surface area (Å²) in [6, 6.07) is 14.7. The predicted octanol–water partition coefficient (Wildman–Crippen LogP) is 3.72. The first kappa shape index (κ1) is 11.9. The van der Waals surface area contributed by atoms with Gasteiger partial charge in [0.15, 0.2) is 0 Å². The lowest BCUT2D eigenvalue weighted by Crippen LogP contribution is -1.91. The number of aryl methyl sites for hydroxylation is 1. The zero-order chi connectivity index (χ0) is 14.2. The molecule has 0 spiro atoms. The average molecular weight is 274 g/mol. The molecule has 21 heavy (non-hydrogen) atoms. The van der Waals surface area contributed by atoms with E-state index in [9.17, 15) is 0 Å². The lowest BCUT2D eigenvalue weighted by atomic mass is 10.1. The van der Waals surface area contributed by atoms with Crippen molar-refractivity contribution in [3.8, 4) is 16.8 Å². The van der Waals surface area contributed by atoms with Crippen LogP contribution in [-0.4, -0.2) is 19.7 Å². The van der Waals surface area contributed by atoms with Crippen molar-refractivity contribution in [2.24, 2.45) is 0 Å². The monoisotopic (exact) mass is 274 g/mol. The molecule has 0 amide bonds. The van der Waals surface area contributed by atoms with E-state index in [-0.39, 0.29) is 0 Å². The molecule has 4 rings (SSSR count). The standard InChI is InChI=1S/C17H14N4/c1-12-2-5-15(6-3-12)21-11-18-16-7-4-13(8-17(16)21)14-9-19-20-10-14/h2-11H,1H3,(H,19,20). The third-order valence-corrected chi connectivity index (χ3v) is 3.69. The highest BCUT2D eigenvalue weighted by Crippen LogP contribution is 2.25. The van der Waals surface area contributed by atoms with Crippen molar-refractivity contribution in [1.29, 1.82) is 0 Å². The van der Waals surface area contributed by atoms with Gasteiger partial charge in [-0.25, -0.2) is 4.98 Å². The Bertz CT molecular complexity index is 886. The highest BCUT2D eigenvalue weighted by molar-refractivity contribution is 5.83. The molecule has 0 aliphatic heterocycles. The number of hydrogen-bond donors (Lipinski definition) is 1. The van der Waals surface area contributed by atoms with Crippen molar-refractivity contribution < 1.29 is 0 Å². The SMILES string of the molecule is Cc1ccc(-n2cnc3ccc(-c4cn[nH]c4)cc32)cc1. The summed E-state index contributed by atoms with van der Waals surface area (Å²) in [4.78, 5) is 4.48. The van der Waals surface area contributed by atoms with Gasteiger partial charge in [0.25, 0.3) is 0 Å². The minimum absolute atomic E-state index is 0.989. The molecule has 102 valence electrons. The van der Waals surface area contributed by atoms with Crippen LogP contribution in [0.25, 0.3) is 27.8 Å². The fourth-order valence-corrected chi connectivity index (χ4v) is 2.51. The Morgan fingerprint density at radius 2 is 1.86 bits per heavy atom. The summed E-state index contributed by atoms with van der Waals surface area (Å²) < 4.78 is 2.11. The van der Waals surface area contributed by atoms with Crippen molar-refractivity contribution in [2.45, 2.75) is 6.92 Å². The molecule has 4 heteroatoms. The molecule has 0 saturated carbocycles. The van der Waals surface area contributed by atoms with Crippen LogP contribution in [0.15, 0.2) is 61.2 Å². The molecule has 0 radical (unpaired) electrons. The van der Waals surface area contributed by atoms with E-state index < -0.39 is 0 Å². The number of nitrogens with zero attached hydrogens (tertiary/aromatic N) is 3. The molecule has 1 N–H and O–H groups in total. The molecule has 4 nitrogen and oxygen atoms in total. The van der Waals surface area contributed by atoms with Crippen LogP contribution in [0.4, 0.5) is 0 Å². The molecule has 2 aromatic heterocycles. The van der Waals surface area contributed by atoms with Crippen LogP contribution in [0.3, 0.4) is 0 Å². The maximum absolute atomic E-state index is 4.48. The number of hydrogen-bond acceptors (Lipinski definition) is 2. The van der Waals surface area contributed by atoms with Gasteiger partial charge in [-0.15, -0.1) is 0 Å². The van der Waals surface area contributed by atoms with Gasteiger partial charge >= 0.3 is 0 Å². The molecule has 0 bridgehead atoms. The molecule has 0 unspecified atom stereocenters. The van der Waals surface area contributed by atoms with Gasteiger partial charge in [-0.3, -0.25) is 9.67 Å². The van der Waals surface area contributed by atoms with Crippen molar-refractivity contribution in [1.82, 2.24) is 19.7 Å². The zero-order valence-electron chi connectivity index (χ0n) is 11.6. The Labute approximate surface area is 122 Å². The van der Waals surface area contributed by atoms with E-state index in [0.29, 0.717) is 0 Å². The number of imidazole rings is 1. The van der Waals surface area contributed by atoms with E-state index in [0.717, 1.165) is 27.8 Å². The number of aromatic amines is 1. The molecule has 2 heterocycles. The van der Waals surface area contributed by atoms with Gasteiger partial charge in [-0.05, 0) is 36.8 Å². The summed E-state index contributed by atoms with van der Waals surface area (Å²) in [5, 5.41) is 6.86. The van der Waals surface area contributed by atoms with Gasteiger partial charge in [0, 0.05) is 17.4 Å². The number of H-pyrrole nitrogens is 1. The predicted molar refractivity (Wildman–Crippen MR) is 83.4 cm³/mol. The van der Waals surface area contributed by atoms with Gasteiger partial charge in [-0.1, -0.05) is 23.8 Å². The Morgan fingerprint density at radius 3 is 2.62 bits per heavy atom. The lowest BCUT2D eigenvalue weighted by molar-refractivity contribution is 1.09. The van der Waals surface area contributed by atoms with E-state index in [2.05, 4.69) is 63.1 Å². The number of nitrogens with one attached hydrogen (secondary N) is 1. The molecule has 0 saturated heterocycles. The largest absolute Gasteiger partial charge is 0.299 e. The number of aromatic nitrogens is 4. The van der Waals surface area contributed by atoms with Crippen LogP contribution in [0, 0.1) is 6.92 Å². The summed E-state index contributed by atoms with van der Waals surface area (Å²) in [6.07, 6.45) is 5.59. The van der Waals surface area contributed by atoms with E-state index in [1.807, 2.05) is 24.8 Å². The molecule has 2 aromatic carbocycles. The van der Waals surface area contributed by atoms with Gasteiger partial charge in [-0.2, -0.15) is 5.10 Å². The van der Waals surface area contributed by atoms with Gasteiger partial charge in [0.1, 0.15) is 6.33 Å². The van der Waals surface area contributed by atoms with Crippen LogP contribution in [0.1, 0.15) is 5.56 Å². The fraction of sp³-hybridized carbons (Fsp3) is 0.0588. The third-order valence-electron chi connectivity index (χ3n) is 3.69. The van der Waals surface area contributed by atoms with E-state index in [1.165, 1.54) is 5.56 Å². The van der Waals surface area contributed by atoms with Gasteiger partial charge < -0.3 is 0 Å². The number of rotatable bonds is 2. The normalized spacial score (nSPS) is 11.1. The van der Waals surface area contributed by atoms with Crippen molar-refractivity contribution in [3.05, 3.63) is 66.7 Å².